The van der Waals surface area contributed by atoms with Gasteiger partial charge in [-0.1, -0.05) is 30.3 Å². The Hall–Kier alpha value is -4.13. The fourth-order valence-electron chi connectivity index (χ4n) is 4.97. The Morgan fingerprint density at radius 2 is 1.51 bits per heavy atom. The lowest BCUT2D eigenvalue weighted by atomic mass is 9.76. The minimum atomic E-state index is -0.437. The molecule has 3 aromatic rings. The number of allylic oxidation sites excluding steroid dienone is 1. The van der Waals surface area contributed by atoms with Crippen LogP contribution in [-0.2, 0) is 4.79 Å². The van der Waals surface area contributed by atoms with Crippen molar-refractivity contribution in [2.75, 3.05) is 32.0 Å². The molecule has 1 heterocycles. The first-order valence-corrected chi connectivity index (χ1v) is 11.5. The molecule has 0 amide bonds. The molecule has 7 nitrogen and oxygen atoms in total. The van der Waals surface area contributed by atoms with Gasteiger partial charge in [-0.15, -0.1) is 0 Å². The predicted octanol–water partition coefficient (Wildman–Crippen LogP) is 5.25. The number of nitrogens with one attached hydrogen (secondary N) is 2. The topological polar surface area (TPSA) is 89.0 Å². The van der Waals surface area contributed by atoms with Crippen molar-refractivity contribution in [3.05, 3.63) is 83.6 Å². The first-order chi connectivity index (χ1) is 17.0. The fourth-order valence-corrected chi connectivity index (χ4v) is 4.97. The van der Waals surface area contributed by atoms with Gasteiger partial charge in [-0.05, 0) is 47.5 Å². The van der Waals surface area contributed by atoms with E-state index in [-0.39, 0.29) is 23.5 Å². The van der Waals surface area contributed by atoms with E-state index in [1.165, 1.54) is 7.11 Å². The van der Waals surface area contributed by atoms with Crippen LogP contribution in [0.15, 0.2) is 72.4 Å². The summed E-state index contributed by atoms with van der Waals surface area (Å²) in [5.74, 6) is 1.28. The molecule has 5 rings (SSSR count). The average Bonchev–Trinajstić information content (AvgIpc) is 3.05. The van der Waals surface area contributed by atoms with Crippen LogP contribution in [0.2, 0.25) is 0 Å². The van der Waals surface area contributed by atoms with Crippen LogP contribution < -0.4 is 24.8 Å². The van der Waals surface area contributed by atoms with Gasteiger partial charge in [0.1, 0.15) is 5.78 Å². The fraction of sp³-hybridized carbons (Fsp3) is 0.250. The minimum absolute atomic E-state index is 0.0580. The molecule has 180 valence electrons. The van der Waals surface area contributed by atoms with Gasteiger partial charge in [0.2, 0.25) is 0 Å². The summed E-state index contributed by atoms with van der Waals surface area (Å²) < 4.78 is 16.2. The number of phenolic OH excluding ortho intramolecular Hbond substituents is 1. The van der Waals surface area contributed by atoms with Crippen molar-refractivity contribution >= 4 is 17.2 Å². The molecule has 7 heteroatoms. The lowest BCUT2D eigenvalue weighted by Gasteiger charge is -2.32. The number of aromatic hydroxyl groups is 1. The highest BCUT2D eigenvalue weighted by Crippen LogP contribution is 2.46. The van der Waals surface area contributed by atoms with E-state index in [2.05, 4.69) is 16.7 Å². The van der Waals surface area contributed by atoms with Crippen molar-refractivity contribution < 1.29 is 24.1 Å². The number of fused-ring (bicyclic) bond motifs is 2. The number of hydrogen-bond donors (Lipinski definition) is 3. The standard InChI is InChI=1S/C28H28N2O5/c1-33-24-11-9-16(14-26(24)35-3)18-12-21-27(23(32)13-18)28(17-8-10-22(31)25(15-17)34-2)30-20-7-5-4-6-19(20)29-21/h4-12,14-15,18,27-31H,13H2,1-3H3. The molecule has 1 aliphatic heterocycles. The van der Waals surface area contributed by atoms with Gasteiger partial charge in [-0.25, -0.2) is 0 Å². The molecule has 0 spiro atoms. The Morgan fingerprint density at radius 1 is 0.829 bits per heavy atom. The van der Waals surface area contributed by atoms with Gasteiger partial charge < -0.3 is 30.0 Å². The number of Topliss-reactive ketones (excluding diaryl/α,β-unsaturated/α-hetero) is 1. The normalized spacial score (nSPS) is 20.8. The molecule has 0 saturated heterocycles. The van der Waals surface area contributed by atoms with Crippen LogP contribution in [0.3, 0.4) is 0 Å². The second-order valence-corrected chi connectivity index (χ2v) is 8.71. The van der Waals surface area contributed by atoms with Gasteiger partial charge in [0.15, 0.2) is 23.0 Å². The molecule has 0 saturated carbocycles. The van der Waals surface area contributed by atoms with E-state index in [0.29, 0.717) is 23.7 Å². The predicted molar refractivity (Wildman–Crippen MR) is 135 cm³/mol. The number of carbonyl (C=O) groups is 1. The van der Waals surface area contributed by atoms with Crippen LogP contribution in [0, 0.1) is 5.92 Å². The largest absolute Gasteiger partial charge is 0.504 e. The quantitative estimate of drug-likeness (QED) is 0.467. The van der Waals surface area contributed by atoms with E-state index in [1.54, 1.807) is 26.4 Å². The van der Waals surface area contributed by atoms with Crippen molar-refractivity contribution in [1.82, 2.24) is 0 Å². The van der Waals surface area contributed by atoms with Gasteiger partial charge >= 0.3 is 0 Å². The highest BCUT2D eigenvalue weighted by Gasteiger charge is 2.40. The number of rotatable bonds is 5. The van der Waals surface area contributed by atoms with Crippen LogP contribution in [0.1, 0.15) is 29.5 Å². The van der Waals surface area contributed by atoms with E-state index in [1.807, 2.05) is 48.5 Å². The number of benzene rings is 3. The summed E-state index contributed by atoms with van der Waals surface area (Å²) in [5, 5.41) is 17.2. The molecule has 3 unspecified atom stereocenters. The smallest absolute Gasteiger partial charge is 0.161 e. The van der Waals surface area contributed by atoms with Gasteiger partial charge in [-0.2, -0.15) is 0 Å². The summed E-state index contributed by atoms with van der Waals surface area (Å²) in [4.78, 5) is 13.7. The molecule has 3 N–H and O–H groups in total. The molecule has 0 aromatic heterocycles. The maximum absolute atomic E-state index is 13.7. The molecule has 35 heavy (non-hydrogen) atoms. The van der Waals surface area contributed by atoms with Crippen molar-refractivity contribution in [2.45, 2.75) is 18.4 Å². The monoisotopic (exact) mass is 472 g/mol. The zero-order chi connectivity index (χ0) is 24.5. The molecule has 3 aromatic carbocycles. The summed E-state index contributed by atoms with van der Waals surface area (Å²) in [6, 6.07) is 18.5. The Balaban J connectivity index is 1.60. The number of hydrogen-bond acceptors (Lipinski definition) is 7. The van der Waals surface area contributed by atoms with Crippen molar-refractivity contribution in [3.63, 3.8) is 0 Å². The summed E-state index contributed by atoms with van der Waals surface area (Å²) >= 11 is 0. The van der Waals surface area contributed by atoms with Gasteiger partial charge in [-0.3, -0.25) is 4.79 Å². The summed E-state index contributed by atoms with van der Waals surface area (Å²) in [7, 11) is 4.72. The number of carbonyl (C=O) groups excluding carboxylic acids is 1. The summed E-state index contributed by atoms with van der Waals surface area (Å²) in [6.07, 6.45) is 2.50. The third-order valence-corrected chi connectivity index (χ3v) is 6.73. The summed E-state index contributed by atoms with van der Waals surface area (Å²) in [6.45, 7) is 0. The highest BCUT2D eigenvalue weighted by atomic mass is 16.5. The number of ether oxygens (including phenoxy) is 3. The van der Waals surface area contributed by atoms with Crippen LogP contribution in [0.25, 0.3) is 0 Å². The average molecular weight is 473 g/mol. The van der Waals surface area contributed by atoms with Crippen LogP contribution >= 0.6 is 0 Å². The van der Waals surface area contributed by atoms with Crippen molar-refractivity contribution in [2.24, 2.45) is 5.92 Å². The molecular weight excluding hydrogens is 444 g/mol. The molecule has 2 aliphatic rings. The molecule has 0 bridgehead atoms. The maximum atomic E-state index is 13.7. The number of phenols is 1. The molecule has 3 atom stereocenters. The third kappa shape index (κ3) is 4.14. The van der Waals surface area contributed by atoms with Crippen molar-refractivity contribution in [1.29, 1.82) is 0 Å². The maximum Gasteiger partial charge on any atom is 0.161 e. The molecular formula is C28H28N2O5. The Kier molecular flexibility index (Phi) is 5.99. The number of ketones is 1. The molecule has 0 radical (unpaired) electrons. The van der Waals surface area contributed by atoms with Gasteiger partial charge in [0.25, 0.3) is 0 Å². The Morgan fingerprint density at radius 3 is 2.26 bits per heavy atom. The van der Waals surface area contributed by atoms with Crippen LogP contribution in [0.4, 0.5) is 11.4 Å². The summed E-state index contributed by atoms with van der Waals surface area (Å²) in [5.41, 5.74) is 4.48. The second kappa shape index (κ2) is 9.25. The Bertz CT molecular complexity index is 1300. The first kappa shape index (κ1) is 22.7. The molecule has 0 fully saturated rings. The number of anilines is 2. The highest BCUT2D eigenvalue weighted by molar-refractivity contribution is 5.90. The zero-order valence-electron chi connectivity index (χ0n) is 19.9. The van der Waals surface area contributed by atoms with E-state index in [0.717, 1.165) is 28.2 Å². The SMILES string of the molecule is COc1cc(C2Nc3ccccc3NC3=CC(c4ccc(OC)c(OC)c4)CC(=O)C32)ccc1O. The molecule has 1 aliphatic carbocycles. The van der Waals surface area contributed by atoms with Gasteiger partial charge in [0, 0.05) is 18.0 Å². The van der Waals surface area contributed by atoms with Gasteiger partial charge in [0.05, 0.1) is 44.7 Å². The van der Waals surface area contributed by atoms with E-state index in [9.17, 15) is 9.90 Å². The van der Waals surface area contributed by atoms with Crippen LogP contribution in [0.5, 0.6) is 23.0 Å². The lowest BCUT2D eigenvalue weighted by molar-refractivity contribution is -0.122. The van der Waals surface area contributed by atoms with Crippen LogP contribution in [-0.4, -0.2) is 32.2 Å². The third-order valence-electron chi connectivity index (χ3n) is 6.73. The number of para-hydroxylation sites is 2. The minimum Gasteiger partial charge on any atom is -0.504 e. The first-order valence-electron chi connectivity index (χ1n) is 11.5. The number of methoxy groups -OCH3 is 3. The zero-order valence-corrected chi connectivity index (χ0v) is 19.9. The van der Waals surface area contributed by atoms with E-state index in [4.69, 9.17) is 14.2 Å². The van der Waals surface area contributed by atoms with E-state index >= 15 is 0 Å². The lowest BCUT2D eigenvalue weighted by Crippen LogP contribution is -2.33. The Labute approximate surface area is 204 Å². The van der Waals surface area contributed by atoms with Crippen molar-refractivity contribution in [3.8, 4) is 23.0 Å². The van der Waals surface area contributed by atoms with E-state index < -0.39 is 5.92 Å². The second-order valence-electron chi connectivity index (χ2n) is 8.71.